The van der Waals surface area contributed by atoms with Gasteiger partial charge in [0.15, 0.2) is 0 Å². The molecule has 1 fully saturated rings. The molecular weight excluding hydrogens is 272 g/mol. The highest BCUT2D eigenvalue weighted by molar-refractivity contribution is 5.88. The van der Waals surface area contributed by atoms with Gasteiger partial charge in [0.25, 0.3) is 0 Å². The minimum atomic E-state index is -0.219. The van der Waals surface area contributed by atoms with Crippen LogP contribution in [0.15, 0.2) is 42.5 Å². The third-order valence-corrected chi connectivity index (χ3v) is 4.48. The van der Waals surface area contributed by atoms with E-state index in [2.05, 4.69) is 34.9 Å². The summed E-state index contributed by atoms with van der Waals surface area (Å²) in [6.07, 6.45) is 6.01. The molecule has 116 valence electrons. The minimum absolute atomic E-state index is 0.0973. The molecule has 1 aliphatic rings. The number of fused-ring (bicyclic) bond motifs is 1. The largest absolute Gasteiger partial charge is 0.374 e. The molecule has 2 aromatic carbocycles. The van der Waals surface area contributed by atoms with Gasteiger partial charge in [-0.25, -0.2) is 0 Å². The first-order valence-corrected chi connectivity index (χ1v) is 8.28. The van der Waals surface area contributed by atoms with E-state index in [1.807, 2.05) is 25.1 Å². The van der Waals surface area contributed by atoms with Crippen LogP contribution in [-0.2, 0) is 4.79 Å². The summed E-state index contributed by atoms with van der Waals surface area (Å²) in [7, 11) is 0. The first-order valence-electron chi connectivity index (χ1n) is 8.28. The molecule has 0 aromatic heterocycles. The lowest BCUT2D eigenvalue weighted by molar-refractivity contribution is -0.122. The second-order valence-corrected chi connectivity index (χ2v) is 6.27. The Morgan fingerprint density at radius 1 is 1.05 bits per heavy atom. The average molecular weight is 296 g/mol. The maximum Gasteiger partial charge on any atom is 0.242 e. The molecule has 3 heteroatoms. The molecule has 0 saturated heterocycles. The summed E-state index contributed by atoms with van der Waals surface area (Å²) >= 11 is 0. The molecule has 1 amide bonds. The molecule has 0 aliphatic heterocycles. The maximum atomic E-state index is 12.3. The number of benzene rings is 2. The van der Waals surface area contributed by atoms with Gasteiger partial charge >= 0.3 is 0 Å². The highest BCUT2D eigenvalue weighted by atomic mass is 16.2. The van der Waals surface area contributed by atoms with Gasteiger partial charge in [-0.1, -0.05) is 49.6 Å². The van der Waals surface area contributed by atoms with Crippen LogP contribution in [0.1, 0.15) is 39.0 Å². The van der Waals surface area contributed by atoms with Gasteiger partial charge in [0.05, 0.1) is 0 Å². The molecule has 3 nitrogen and oxygen atoms in total. The Labute approximate surface area is 132 Å². The fourth-order valence-electron chi connectivity index (χ4n) is 3.17. The first-order chi connectivity index (χ1) is 10.7. The second-order valence-electron chi connectivity index (χ2n) is 6.27. The number of anilines is 1. The monoisotopic (exact) mass is 296 g/mol. The topological polar surface area (TPSA) is 41.1 Å². The van der Waals surface area contributed by atoms with Crippen molar-refractivity contribution in [1.82, 2.24) is 5.32 Å². The molecule has 1 aliphatic carbocycles. The van der Waals surface area contributed by atoms with Crippen molar-refractivity contribution in [3.63, 3.8) is 0 Å². The lowest BCUT2D eigenvalue weighted by Crippen LogP contribution is -2.43. The number of amides is 1. The van der Waals surface area contributed by atoms with Crippen molar-refractivity contribution < 1.29 is 4.79 Å². The van der Waals surface area contributed by atoms with Crippen LogP contribution in [0.5, 0.6) is 0 Å². The van der Waals surface area contributed by atoms with Crippen molar-refractivity contribution in [3.05, 3.63) is 42.5 Å². The third-order valence-electron chi connectivity index (χ3n) is 4.48. The van der Waals surface area contributed by atoms with E-state index in [1.165, 1.54) is 30.0 Å². The van der Waals surface area contributed by atoms with Crippen LogP contribution in [0.25, 0.3) is 10.8 Å². The van der Waals surface area contributed by atoms with Crippen molar-refractivity contribution in [3.8, 4) is 0 Å². The summed E-state index contributed by atoms with van der Waals surface area (Å²) in [6.45, 7) is 1.92. The zero-order valence-corrected chi connectivity index (χ0v) is 13.1. The van der Waals surface area contributed by atoms with Crippen LogP contribution in [0.2, 0.25) is 0 Å². The predicted molar refractivity (Wildman–Crippen MR) is 92.0 cm³/mol. The van der Waals surface area contributed by atoms with Crippen molar-refractivity contribution in [2.45, 2.75) is 51.1 Å². The maximum absolute atomic E-state index is 12.3. The summed E-state index contributed by atoms with van der Waals surface area (Å²) in [5.41, 5.74) is 0.991. The molecule has 3 rings (SSSR count). The zero-order chi connectivity index (χ0) is 15.4. The normalized spacial score (nSPS) is 17.1. The molecule has 1 atom stereocenters. The van der Waals surface area contributed by atoms with E-state index >= 15 is 0 Å². The van der Waals surface area contributed by atoms with Crippen LogP contribution in [0, 0.1) is 0 Å². The average Bonchev–Trinajstić information content (AvgIpc) is 2.55. The quantitative estimate of drug-likeness (QED) is 0.892. The van der Waals surface area contributed by atoms with Gasteiger partial charge < -0.3 is 10.6 Å². The van der Waals surface area contributed by atoms with Gasteiger partial charge in [-0.05, 0) is 42.7 Å². The SMILES string of the molecule is C[C@H](Nc1ccc2ccccc2c1)C(=O)NC1CCCCC1. The Balaban J connectivity index is 1.61. The standard InChI is InChI=1S/C19H24N2O/c1-14(19(22)21-17-9-3-2-4-10-17)20-18-12-11-15-7-5-6-8-16(15)13-18/h5-8,11-14,17,20H,2-4,9-10H2,1H3,(H,21,22)/t14-/m0/s1. The van der Waals surface area contributed by atoms with Crippen molar-refractivity contribution in [2.75, 3.05) is 5.32 Å². The van der Waals surface area contributed by atoms with Gasteiger partial charge in [0.1, 0.15) is 6.04 Å². The highest BCUT2D eigenvalue weighted by Gasteiger charge is 2.19. The molecule has 0 bridgehead atoms. The lowest BCUT2D eigenvalue weighted by Gasteiger charge is -2.25. The van der Waals surface area contributed by atoms with E-state index in [9.17, 15) is 4.79 Å². The van der Waals surface area contributed by atoms with E-state index in [0.717, 1.165) is 18.5 Å². The summed E-state index contributed by atoms with van der Waals surface area (Å²) in [6, 6.07) is 14.6. The van der Waals surface area contributed by atoms with E-state index in [-0.39, 0.29) is 11.9 Å². The lowest BCUT2D eigenvalue weighted by atomic mass is 9.95. The molecule has 0 spiro atoms. The Morgan fingerprint density at radius 3 is 2.55 bits per heavy atom. The third kappa shape index (κ3) is 3.59. The van der Waals surface area contributed by atoms with Gasteiger partial charge in [-0.2, -0.15) is 0 Å². The van der Waals surface area contributed by atoms with Crippen LogP contribution in [-0.4, -0.2) is 18.0 Å². The number of rotatable bonds is 4. The van der Waals surface area contributed by atoms with Gasteiger partial charge in [0.2, 0.25) is 5.91 Å². The Hall–Kier alpha value is -2.03. The minimum Gasteiger partial charge on any atom is -0.374 e. The van der Waals surface area contributed by atoms with Crippen LogP contribution >= 0.6 is 0 Å². The van der Waals surface area contributed by atoms with Crippen LogP contribution < -0.4 is 10.6 Å². The first kappa shape index (κ1) is 14.9. The van der Waals surface area contributed by atoms with Crippen molar-refractivity contribution in [2.24, 2.45) is 0 Å². The molecule has 2 aromatic rings. The number of carbonyl (C=O) groups excluding carboxylic acids is 1. The summed E-state index contributed by atoms with van der Waals surface area (Å²) < 4.78 is 0. The molecule has 0 unspecified atom stereocenters. The van der Waals surface area contributed by atoms with E-state index in [1.54, 1.807) is 0 Å². The number of nitrogens with one attached hydrogen (secondary N) is 2. The van der Waals surface area contributed by atoms with Crippen molar-refractivity contribution in [1.29, 1.82) is 0 Å². The van der Waals surface area contributed by atoms with Crippen molar-refractivity contribution >= 4 is 22.4 Å². The summed E-state index contributed by atoms with van der Waals surface area (Å²) in [5, 5.41) is 8.89. The van der Waals surface area contributed by atoms with Gasteiger partial charge in [0, 0.05) is 11.7 Å². The van der Waals surface area contributed by atoms with E-state index in [4.69, 9.17) is 0 Å². The summed E-state index contributed by atoms with van der Waals surface area (Å²) in [5.74, 6) is 0.0973. The van der Waals surface area contributed by atoms with E-state index in [0.29, 0.717) is 6.04 Å². The number of hydrogen-bond acceptors (Lipinski definition) is 2. The Kier molecular flexibility index (Phi) is 4.62. The summed E-state index contributed by atoms with van der Waals surface area (Å²) in [4.78, 5) is 12.3. The van der Waals surface area contributed by atoms with Gasteiger partial charge in [-0.15, -0.1) is 0 Å². The fourth-order valence-corrected chi connectivity index (χ4v) is 3.17. The molecule has 0 heterocycles. The fraction of sp³-hybridized carbons (Fsp3) is 0.421. The smallest absolute Gasteiger partial charge is 0.242 e. The Morgan fingerprint density at radius 2 is 1.77 bits per heavy atom. The highest BCUT2D eigenvalue weighted by Crippen LogP contribution is 2.20. The van der Waals surface area contributed by atoms with E-state index < -0.39 is 0 Å². The van der Waals surface area contributed by atoms with Gasteiger partial charge in [-0.3, -0.25) is 4.79 Å². The van der Waals surface area contributed by atoms with Crippen LogP contribution in [0.4, 0.5) is 5.69 Å². The second kappa shape index (κ2) is 6.82. The van der Waals surface area contributed by atoms with Crippen LogP contribution in [0.3, 0.4) is 0 Å². The number of carbonyl (C=O) groups is 1. The number of hydrogen-bond donors (Lipinski definition) is 2. The Bertz CT molecular complexity index is 647. The molecular formula is C19H24N2O. The molecule has 22 heavy (non-hydrogen) atoms. The molecule has 2 N–H and O–H groups in total. The zero-order valence-electron chi connectivity index (χ0n) is 13.1. The predicted octanol–water partition coefficient (Wildman–Crippen LogP) is 4.09. The molecule has 0 radical (unpaired) electrons. The molecule has 1 saturated carbocycles.